The van der Waals surface area contributed by atoms with Crippen LogP contribution in [0.15, 0.2) is 18.2 Å². The van der Waals surface area contributed by atoms with Crippen molar-refractivity contribution in [1.29, 1.82) is 0 Å². The maximum Gasteiger partial charge on any atom is 0.242 e. The highest BCUT2D eigenvalue weighted by Gasteiger charge is 2.41. The predicted molar refractivity (Wildman–Crippen MR) is 77.0 cm³/mol. The van der Waals surface area contributed by atoms with Crippen molar-refractivity contribution in [3.63, 3.8) is 0 Å². The van der Waals surface area contributed by atoms with Crippen molar-refractivity contribution in [3.05, 3.63) is 23.8 Å². The van der Waals surface area contributed by atoms with E-state index in [1.165, 1.54) is 5.56 Å². The van der Waals surface area contributed by atoms with Crippen LogP contribution >= 0.6 is 11.8 Å². The van der Waals surface area contributed by atoms with Crippen LogP contribution in [0.4, 0.5) is 11.4 Å². The van der Waals surface area contributed by atoms with Crippen LogP contribution in [-0.4, -0.2) is 23.0 Å². The number of nitrogen functional groups attached to an aromatic ring is 1. The second-order valence-electron chi connectivity index (χ2n) is 5.28. The van der Waals surface area contributed by atoms with Gasteiger partial charge in [0.15, 0.2) is 0 Å². The topological polar surface area (TPSA) is 46.3 Å². The lowest BCUT2D eigenvalue weighted by Crippen LogP contribution is -2.43. The smallest absolute Gasteiger partial charge is 0.242 e. The van der Waals surface area contributed by atoms with E-state index < -0.39 is 0 Å². The third kappa shape index (κ3) is 1.79. The lowest BCUT2D eigenvalue weighted by atomic mass is 10.0. The fourth-order valence-corrected chi connectivity index (χ4v) is 4.10. The minimum atomic E-state index is -0.230. The first-order valence-corrected chi connectivity index (χ1v) is 7.43. The second kappa shape index (κ2) is 4.19. The van der Waals surface area contributed by atoms with Gasteiger partial charge in [0, 0.05) is 17.9 Å². The molecule has 1 aromatic carbocycles. The molecule has 3 rings (SSSR count). The highest BCUT2D eigenvalue weighted by atomic mass is 32.2. The molecule has 1 amide bonds. The number of rotatable bonds is 1. The quantitative estimate of drug-likeness (QED) is 0.791. The van der Waals surface area contributed by atoms with Crippen LogP contribution in [-0.2, 0) is 11.2 Å². The van der Waals surface area contributed by atoms with Gasteiger partial charge >= 0.3 is 0 Å². The third-order valence-electron chi connectivity index (χ3n) is 3.92. The number of carbonyl (C=O) groups excluding carboxylic acids is 1. The number of benzene rings is 1. The third-order valence-corrected chi connectivity index (χ3v) is 5.43. The molecule has 3 nitrogen and oxygen atoms in total. The second-order valence-corrected chi connectivity index (χ2v) is 6.88. The summed E-state index contributed by atoms with van der Waals surface area (Å²) < 4.78 is -0.230. The molecule has 1 unspecified atom stereocenters. The molecule has 1 fully saturated rings. The molecular formula is C14H18N2OS. The summed E-state index contributed by atoms with van der Waals surface area (Å²) in [6.45, 7) is 2.88. The van der Waals surface area contributed by atoms with E-state index in [2.05, 4.69) is 6.92 Å². The molecule has 0 saturated carbocycles. The predicted octanol–water partition coefficient (Wildman–Crippen LogP) is 2.44. The standard InChI is InChI=1S/C14H18N2OS/c1-14(6-2-8-18-14)13(17)16-7-5-10-3-4-11(15)9-12(10)16/h3-4,9H,2,5-8,15H2,1H3. The van der Waals surface area contributed by atoms with Crippen LogP contribution in [0, 0.1) is 0 Å². The van der Waals surface area contributed by atoms with Crippen molar-refractivity contribution in [2.24, 2.45) is 0 Å². The highest BCUT2D eigenvalue weighted by molar-refractivity contribution is 8.01. The zero-order chi connectivity index (χ0) is 12.8. The van der Waals surface area contributed by atoms with Gasteiger partial charge in [0.25, 0.3) is 0 Å². The van der Waals surface area contributed by atoms with Crippen molar-refractivity contribution in [3.8, 4) is 0 Å². The van der Waals surface area contributed by atoms with E-state index in [-0.39, 0.29) is 10.7 Å². The maximum absolute atomic E-state index is 12.7. The van der Waals surface area contributed by atoms with Gasteiger partial charge in [-0.2, -0.15) is 0 Å². The Labute approximate surface area is 112 Å². The fraction of sp³-hybridized carbons (Fsp3) is 0.500. The summed E-state index contributed by atoms with van der Waals surface area (Å²) in [6.07, 6.45) is 3.08. The Morgan fingerprint density at radius 2 is 2.33 bits per heavy atom. The molecule has 0 radical (unpaired) electrons. The molecule has 2 N–H and O–H groups in total. The van der Waals surface area contributed by atoms with Gasteiger partial charge in [-0.05, 0) is 49.6 Å². The Balaban J connectivity index is 1.92. The summed E-state index contributed by atoms with van der Waals surface area (Å²) in [6, 6.07) is 5.89. The number of nitrogens with zero attached hydrogens (tertiary/aromatic N) is 1. The first kappa shape index (κ1) is 11.9. The number of hydrogen-bond donors (Lipinski definition) is 1. The van der Waals surface area contributed by atoms with Crippen LogP contribution in [0.1, 0.15) is 25.3 Å². The average molecular weight is 262 g/mol. The number of fused-ring (bicyclic) bond motifs is 1. The highest BCUT2D eigenvalue weighted by Crippen LogP contribution is 2.41. The van der Waals surface area contributed by atoms with E-state index in [0.717, 1.165) is 42.9 Å². The Hall–Kier alpha value is -1.16. The molecule has 1 saturated heterocycles. The molecule has 2 heterocycles. The van der Waals surface area contributed by atoms with E-state index in [0.29, 0.717) is 0 Å². The summed E-state index contributed by atoms with van der Waals surface area (Å²) in [7, 11) is 0. The van der Waals surface area contributed by atoms with Crippen molar-refractivity contribution in [2.75, 3.05) is 22.9 Å². The number of amides is 1. The normalized spacial score (nSPS) is 26.4. The van der Waals surface area contributed by atoms with Crippen molar-refractivity contribution in [1.82, 2.24) is 0 Å². The van der Waals surface area contributed by atoms with Crippen LogP contribution < -0.4 is 10.6 Å². The molecule has 0 aliphatic carbocycles. The number of thioether (sulfide) groups is 1. The summed E-state index contributed by atoms with van der Waals surface area (Å²) in [5, 5.41) is 0. The van der Waals surface area contributed by atoms with Crippen LogP contribution in [0.25, 0.3) is 0 Å². The summed E-state index contributed by atoms with van der Waals surface area (Å²) in [4.78, 5) is 14.6. The van der Waals surface area contributed by atoms with Gasteiger partial charge in [0.2, 0.25) is 5.91 Å². The fourth-order valence-electron chi connectivity index (χ4n) is 2.84. The molecule has 96 valence electrons. The van der Waals surface area contributed by atoms with Crippen LogP contribution in [0.3, 0.4) is 0 Å². The van der Waals surface area contributed by atoms with Crippen molar-refractivity contribution < 1.29 is 4.79 Å². The van der Waals surface area contributed by atoms with Crippen LogP contribution in [0.5, 0.6) is 0 Å². The van der Waals surface area contributed by atoms with E-state index in [4.69, 9.17) is 5.73 Å². The molecule has 18 heavy (non-hydrogen) atoms. The Kier molecular flexibility index (Phi) is 2.77. The molecular weight excluding hydrogens is 244 g/mol. The number of nitrogens with two attached hydrogens (primary N) is 1. The van der Waals surface area contributed by atoms with E-state index in [1.54, 1.807) is 11.8 Å². The van der Waals surface area contributed by atoms with E-state index in [1.807, 2.05) is 23.1 Å². The molecule has 0 spiro atoms. The number of hydrogen-bond acceptors (Lipinski definition) is 3. The lowest BCUT2D eigenvalue weighted by Gasteiger charge is -2.28. The van der Waals surface area contributed by atoms with Gasteiger partial charge in [0.1, 0.15) is 0 Å². The van der Waals surface area contributed by atoms with Crippen molar-refractivity contribution >= 4 is 29.0 Å². The summed E-state index contributed by atoms with van der Waals surface area (Å²) in [5.41, 5.74) is 8.83. The molecule has 2 aliphatic heterocycles. The maximum atomic E-state index is 12.7. The van der Waals surface area contributed by atoms with Crippen LogP contribution in [0.2, 0.25) is 0 Å². The van der Waals surface area contributed by atoms with Crippen molar-refractivity contribution in [2.45, 2.75) is 30.9 Å². The molecule has 0 aromatic heterocycles. The average Bonchev–Trinajstić information content (AvgIpc) is 2.95. The van der Waals surface area contributed by atoms with Gasteiger partial charge in [-0.15, -0.1) is 11.8 Å². The van der Waals surface area contributed by atoms with Gasteiger partial charge in [-0.3, -0.25) is 4.79 Å². The van der Waals surface area contributed by atoms with Gasteiger partial charge in [0.05, 0.1) is 4.75 Å². The van der Waals surface area contributed by atoms with E-state index >= 15 is 0 Å². The van der Waals surface area contributed by atoms with E-state index in [9.17, 15) is 4.79 Å². The first-order chi connectivity index (χ1) is 8.60. The SMILES string of the molecule is CC1(C(=O)N2CCc3ccc(N)cc32)CCCS1. The Morgan fingerprint density at radius 1 is 1.50 bits per heavy atom. The number of carbonyl (C=O) groups is 1. The zero-order valence-electron chi connectivity index (χ0n) is 10.6. The summed E-state index contributed by atoms with van der Waals surface area (Å²) in [5.74, 6) is 1.36. The van der Waals surface area contributed by atoms with Gasteiger partial charge in [-0.1, -0.05) is 6.07 Å². The minimum Gasteiger partial charge on any atom is -0.399 e. The minimum absolute atomic E-state index is 0.230. The molecule has 1 aromatic rings. The van der Waals surface area contributed by atoms with Gasteiger partial charge in [-0.25, -0.2) is 0 Å². The molecule has 1 atom stereocenters. The summed E-state index contributed by atoms with van der Waals surface area (Å²) >= 11 is 1.80. The first-order valence-electron chi connectivity index (χ1n) is 6.44. The largest absolute Gasteiger partial charge is 0.399 e. The Morgan fingerprint density at radius 3 is 3.06 bits per heavy atom. The Bertz CT molecular complexity index is 495. The molecule has 4 heteroatoms. The zero-order valence-corrected chi connectivity index (χ0v) is 11.4. The number of anilines is 2. The van der Waals surface area contributed by atoms with Gasteiger partial charge < -0.3 is 10.6 Å². The molecule has 0 bridgehead atoms. The lowest BCUT2D eigenvalue weighted by molar-refractivity contribution is -0.120. The monoisotopic (exact) mass is 262 g/mol. The molecule has 2 aliphatic rings.